The van der Waals surface area contributed by atoms with Crippen LogP contribution in [0.5, 0.6) is 0 Å². The number of nitrogens with two attached hydrogens (primary N) is 1. The second-order valence-corrected chi connectivity index (χ2v) is 20.2. The summed E-state index contributed by atoms with van der Waals surface area (Å²) in [6, 6.07) is 7.34. The first kappa shape index (κ1) is 56.4. The number of rotatable bonds is 26. The van der Waals surface area contributed by atoms with Gasteiger partial charge in [-0.15, -0.1) is 0 Å². The van der Waals surface area contributed by atoms with Crippen LogP contribution in [0.25, 0.3) is 0 Å². The van der Waals surface area contributed by atoms with E-state index in [4.69, 9.17) is 24.8 Å². The molecule has 0 unspecified atom stereocenters. The van der Waals surface area contributed by atoms with Crippen molar-refractivity contribution in [3.63, 3.8) is 0 Å². The average molecular weight is 956 g/mol. The molecule has 0 spiro atoms. The molecular weight excluding hydrogens is 871 g/mol. The van der Waals surface area contributed by atoms with Crippen molar-refractivity contribution in [1.82, 2.24) is 30.4 Å². The fourth-order valence-electron chi connectivity index (χ4n) is 10.3. The quantitative estimate of drug-likeness (QED) is 0.112. The topological polar surface area (TPSA) is 202 Å². The van der Waals surface area contributed by atoms with Crippen molar-refractivity contribution < 1.29 is 47.8 Å². The number of nitrogens with zero attached hydrogens (tertiary/aromatic N) is 4. The predicted molar refractivity (Wildman–Crippen MR) is 260 cm³/mol. The summed E-state index contributed by atoms with van der Waals surface area (Å²) >= 11 is 0. The van der Waals surface area contributed by atoms with Gasteiger partial charge in [0.15, 0.2) is 0 Å². The number of methoxy groups -OCH3 is 2. The standard InChI is InChI=1S/C51H85N7O10/c1-13-34(6)45(56(10)49(63)43(32(2)3)53-48(62)44(33(4)5)55(9)25-20-24-42(60)68-35(7)31-52)40(65-11)29-41(59)57-26-19-23-39(57)46(66-12)36(8)47(61)54-51(50(64)58-27-17-18-28-67-58)30-38(51)37-21-15-14-16-22-37/h14-16,21-22,32-36,38-40,43-46H,13,17-20,23-31,52H2,1-12H3,(H,53,62)(H,54,61)/t34-,35-,36+,38+,39-,40+,43-,44-,45-,46+,51-/m0/s1. The van der Waals surface area contributed by atoms with Crippen molar-refractivity contribution in [2.45, 2.75) is 167 Å². The molecule has 2 heterocycles. The monoisotopic (exact) mass is 956 g/mol. The molecule has 3 fully saturated rings. The van der Waals surface area contributed by atoms with Gasteiger partial charge in [0.05, 0.1) is 49.3 Å². The summed E-state index contributed by atoms with van der Waals surface area (Å²) in [6.45, 7) is 17.3. The first-order valence-electron chi connectivity index (χ1n) is 25.1. The van der Waals surface area contributed by atoms with E-state index in [-0.39, 0.29) is 84.7 Å². The van der Waals surface area contributed by atoms with Crippen LogP contribution in [-0.4, -0.2) is 164 Å². The maximum atomic E-state index is 14.6. The van der Waals surface area contributed by atoms with E-state index < -0.39 is 47.8 Å². The van der Waals surface area contributed by atoms with E-state index in [9.17, 15) is 28.8 Å². The molecule has 4 rings (SSSR count). The summed E-state index contributed by atoms with van der Waals surface area (Å²) in [4.78, 5) is 95.1. The maximum absolute atomic E-state index is 14.6. The fourth-order valence-corrected chi connectivity index (χ4v) is 10.3. The number of ether oxygens (including phenoxy) is 3. The zero-order valence-corrected chi connectivity index (χ0v) is 43.2. The fraction of sp³-hybridized carbons (Fsp3) is 0.765. The molecular formula is C51H85N7O10. The van der Waals surface area contributed by atoms with Gasteiger partial charge in [0.25, 0.3) is 5.91 Å². The lowest BCUT2D eigenvalue weighted by Crippen LogP contribution is -2.60. The van der Waals surface area contributed by atoms with Gasteiger partial charge >= 0.3 is 5.97 Å². The lowest BCUT2D eigenvalue weighted by molar-refractivity contribution is -0.200. The van der Waals surface area contributed by atoms with Gasteiger partial charge in [-0.25, -0.2) is 5.06 Å². The zero-order valence-electron chi connectivity index (χ0n) is 43.2. The number of likely N-dealkylation sites (tertiary alicyclic amines) is 1. The van der Waals surface area contributed by atoms with Crippen LogP contribution in [0.4, 0.5) is 0 Å². The van der Waals surface area contributed by atoms with E-state index in [0.717, 1.165) is 18.4 Å². The highest BCUT2D eigenvalue weighted by Crippen LogP contribution is 2.53. The van der Waals surface area contributed by atoms with Crippen LogP contribution in [-0.2, 0) is 47.8 Å². The molecule has 0 aromatic heterocycles. The normalized spacial score (nSPS) is 23.0. The Kier molecular flexibility index (Phi) is 21.7. The highest BCUT2D eigenvalue weighted by atomic mass is 16.7. The molecule has 1 aromatic carbocycles. The molecule has 11 atom stereocenters. The van der Waals surface area contributed by atoms with E-state index in [1.165, 1.54) is 5.06 Å². The highest BCUT2D eigenvalue weighted by Gasteiger charge is 2.64. The van der Waals surface area contributed by atoms with Gasteiger partial charge in [0.1, 0.15) is 17.7 Å². The molecule has 1 aliphatic carbocycles. The second kappa shape index (κ2) is 26.2. The Hall–Kier alpha value is -4.16. The van der Waals surface area contributed by atoms with E-state index in [1.54, 1.807) is 44.9 Å². The highest BCUT2D eigenvalue weighted by molar-refractivity contribution is 5.96. The summed E-state index contributed by atoms with van der Waals surface area (Å²) in [6.07, 6.45) is 3.07. The molecule has 384 valence electrons. The molecule has 0 bridgehead atoms. The molecule has 2 aliphatic heterocycles. The Morgan fingerprint density at radius 3 is 2.18 bits per heavy atom. The lowest BCUT2D eigenvalue weighted by atomic mass is 9.89. The number of nitrogens with one attached hydrogen (secondary N) is 2. The Labute approximate surface area is 406 Å². The number of hydrogen-bond acceptors (Lipinski definition) is 12. The lowest BCUT2D eigenvalue weighted by Gasteiger charge is -2.41. The molecule has 1 saturated carbocycles. The molecule has 68 heavy (non-hydrogen) atoms. The number of carbonyl (C=O) groups is 6. The summed E-state index contributed by atoms with van der Waals surface area (Å²) < 4.78 is 17.5. The van der Waals surface area contributed by atoms with Crippen LogP contribution in [0.3, 0.4) is 0 Å². The minimum atomic E-state index is -1.15. The molecule has 4 N–H and O–H groups in total. The van der Waals surface area contributed by atoms with Crippen LogP contribution < -0.4 is 16.4 Å². The molecule has 17 heteroatoms. The Balaban J connectivity index is 1.47. The third-order valence-electron chi connectivity index (χ3n) is 14.5. The van der Waals surface area contributed by atoms with Crippen LogP contribution >= 0.6 is 0 Å². The van der Waals surface area contributed by atoms with Gasteiger partial charge in [-0.2, -0.15) is 0 Å². The maximum Gasteiger partial charge on any atom is 0.306 e. The summed E-state index contributed by atoms with van der Waals surface area (Å²) in [5.74, 6) is -3.06. The second-order valence-electron chi connectivity index (χ2n) is 20.2. The number of carbonyl (C=O) groups excluding carboxylic acids is 6. The molecule has 1 aromatic rings. The van der Waals surface area contributed by atoms with Crippen molar-refractivity contribution in [3.8, 4) is 0 Å². The first-order valence-corrected chi connectivity index (χ1v) is 25.1. The largest absolute Gasteiger partial charge is 0.461 e. The average Bonchev–Trinajstić information content (AvgIpc) is 3.84. The van der Waals surface area contributed by atoms with Crippen LogP contribution in [0.1, 0.15) is 125 Å². The van der Waals surface area contributed by atoms with Gasteiger partial charge in [0, 0.05) is 53.2 Å². The van der Waals surface area contributed by atoms with Gasteiger partial charge < -0.3 is 40.4 Å². The number of likely N-dealkylation sites (N-methyl/N-ethyl adjacent to an activating group) is 2. The van der Waals surface area contributed by atoms with Crippen molar-refractivity contribution in [2.75, 3.05) is 61.1 Å². The summed E-state index contributed by atoms with van der Waals surface area (Å²) in [5.41, 5.74) is 5.40. The molecule has 3 aliphatic rings. The van der Waals surface area contributed by atoms with Gasteiger partial charge in [-0.1, -0.05) is 85.2 Å². The van der Waals surface area contributed by atoms with Crippen molar-refractivity contribution >= 4 is 35.5 Å². The van der Waals surface area contributed by atoms with Crippen LogP contribution in [0, 0.1) is 23.7 Å². The van der Waals surface area contributed by atoms with E-state index >= 15 is 0 Å². The Bertz CT molecular complexity index is 1810. The summed E-state index contributed by atoms with van der Waals surface area (Å²) in [7, 11) is 6.65. The molecule has 5 amide bonds. The van der Waals surface area contributed by atoms with E-state index in [0.29, 0.717) is 58.3 Å². The van der Waals surface area contributed by atoms with Crippen LogP contribution in [0.2, 0.25) is 0 Å². The number of hydrogen-bond donors (Lipinski definition) is 3. The Morgan fingerprint density at radius 2 is 1.60 bits per heavy atom. The van der Waals surface area contributed by atoms with E-state index in [1.807, 2.05) is 83.8 Å². The number of benzene rings is 1. The van der Waals surface area contributed by atoms with Crippen molar-refractivity contribution in [1.29, 1.82) is 0 Å². The minimum Gasteiger partial charge on any atom is -0.461 e. The number of esters is 1. The van der Waals surface area contributed by atoms with Crippen molar-refractivity contribution in [2.24, 2.45) is 29.4 Å². The first-order chi connectivity index (χ1) is 32.3. The third kappa shape index (κ3) is 14.0. The molecule has 0 radical (unpaired) electrons. The van der Waals surface area contributed by atoms with Gasteiger partial charge in [0.2, 0.25) is 23.6 Å². The predicted octanol–water partition coefficient (Wildman–Crippen LogP) is 4.27. The number of hydroxylamine groups is 2. The van der Waals surface area contributed by atoms with Gasteiger partial charge in [-0.3, -0.25) is 38.5 Å². The van der Waals surface area contributed by atoms with Crippen LogP contribution in [0.15, 0.2) is 30.3 Å². The number of amides is 5. The summed E-state index contributed by atoms with van der Waals surface area (Å²) in [5, 5.41) is 7.64. The van der Waals surface area contributed by atoms with E-state index in [2.05, 4.69) is 10.6 Å². The van der Waals surface area contributed by atoms with Crippen molar-refractivity contribution in [3.05, 3.63) is 35.9 Å². The Morgan fingerprint density at radius 1 is 0.912 bits per heavy atom. The zero-order chi connectivity index (χ0) is 50.5. The molecule has 17 nitrogen and oxygen atoms in total. The third-order valence-corrected chi connectivity index (χ3v) is 14.5. The molecule has 2 saturated heterocycles. The van der Waals surface area contributed by atoms with Gasteiger partial charge in [-0.05, 0) is 82.4 Å². The minimum absolute atomic E-state index is 0.0273. The smallest absolute Gasteiger partial charge is 0.306 e. The SMILES string of the molecule is CC[C@H](C)[C@@H]([C@@H](CC(=O)N1CCC[C@H]1[C@H](OC)[C@@H](C)C(=O)N[C@@]1(C(=O)N2CCCCO2)C[C@@H]1c1ccccc1)OC)N(C)C(=O)[C@@H](NC(=O)[C@H](C(C)C)N(C)CCCC(=O)O[C@@H](C)CN)C(C)C.